The number of anilines is 1. The summed E-state index contributed by atoms with van der Waals surface area (Å²) in [5.41, 5.74) is 2.29. The standard InChI is InChI=1S/C7H9NO3/c1-11-7-3-5(8-10)2-6(9)4-7/h2-4,8-10H,1H3. The van der Waals surface area contributed by atoms with Crippen LogP contribution in [0.5, 0.6) is 11.5 Å². The molecular weight excluding hydrogens is 146 g/mol. The number of phenols is 1. The summed E-state index contributed by atoms with van der Waals surface area (Å²) >= 11 is 0. The van der Waals surface area contributed by atoms with Crippen molar-refractivity contribution in [2.45, 2.75) is 0 Å². The van der Waals surface area contributed by atoms with E-state index in [-0.39, 0.29) is 5.75 Å². The van der Waals surface area contributed by atoms with Gasteiger partial charge in [0.25, 0.3) is 0 Å². The summed E-state index contributed by atoms with van der Waals surface area (Å²) in [7, 11) is 1.48. The van der Waals surface area contributed by atoms with Crippen LogP contribution in [-0.2, 0) is 0 Å². The Morgan fingerprint density at radius 2 is 2.09 bits per heavy atom. The zero-order valence-corrected chi connectivity index (χ0v) is 6.03. The van der Waals surface area contributed by atoms with Crippen molar-refractivity contribution in [3.8, 4) is 11.5 Å². The minimum absolute atomic E-state index is 0.0425. The van der Waals surface area contributed by atoms with E-state index in [1.807, 2.05) is 5.48 Å². The summed E-state index contributed by atoms with van der Waals surface area (Å²) in [6.45, 7) is 0. The van der Waals surface area contributed by atoms with Gasteiger partial charge in [-0.25, -0.2) is 0 Å². The Labute approximate surface area is 64.0 Å². The van der Waals surface area contributed by atoms with Crippen molar-refractivity contribution in [2.75, 3.05) is 12.6 Å². The molecule has 60 valence electrons. The number of aromatic hydroxyl groups is 1. The molecule has 1 aromatic rings. The van der Waals surface area contributed by atoms with Crippen LogP contribution in [0.15, 0.2) is 18.2 Å². The molecule has 0 radical (unpaired) electrons. The zero-order chi connectivity index (χ0) is 8.27. The van der Waals surface area contributed by atoms with E-state index in [0.717, 1.165) is 0 Å². The largest absolute Gasteiger partial charge is 0.508 e. The minimum Gasteiger partial charge on any atom is -0.508 e. The molecule has 1 rings (SSSR count). The van der Waals surface area contributed by atoms with E-state index >= 15 is 0 Å². The molecule has 0 spiro atoms. The third-order valence-corrected chi connectivity index (χ3v) is 1.26. The number of ether oxygens (including phenoxy) is 1. The second-order valence-corrected chi connectivity index (χ2v) is 2.03. The number of hydrogen-bond acceptors (Lipinski definition) is 4. The van der Waals surface area contributed by atoms with Crippen LogP contribution in [0.4, 0.5) is 5.69 Å². The Bertz CT molecular complexity index is 227. The Kier molecular flexibility index (Phi) is 2.18. The lowest BCUT2D eigenvalue weighted by molar-refractivity contribution is 0.383. The van der Waals surface area contributed by atoms with E-state index in [4.69, 9.17) is 15.1 Å². The molecule has 0 aromatic heterocycles. The second kappa shape index (κ2) is 3.12. The van der Waals surface area contributed by atoms with Crippen LogP contribution < -0.4 is 10.2 Å². The molecule has 0 aliphatic carbocycles. The van der Waals surface area contributed by atoms with Gasteiger partial charge in [-0.05, 0) is 0 Å². The first-order valence-electron chi connectivity index (χ1n) is 3.04. The molecular formula is C7H9NO3. The summed E-state index contributed by atoms with van der Waals surface area (Å²) in [4.78, 5) is 0. The van der Waals surface area contributed by atoms with Gasteiger partial charge in [-0.2, -0.15) is 0 Å². The highest BCUT2D eigenvalue weighted by Crippen LogP contribution is 2.23. The third-order valence-electron chi connectivity index (χ3n) is 1.26. The van der Waals surface area contributed by atoms with Crippen molar-refractivity contribution in [3.63, 3.8) is 0 Å². The fourth-order valence-electron chi connectivity index (χ4n) is 0.766. The maximum Gasteiger partial charge on any atom is 0.124 e. The van der Waals surface area contributed by atoms with Crippen LogP contribution in [0.3, 0.4) is 0 Å². The van der Waals surface area contributed by atoms with Gasteiger partial charge in [0.1, 0.15) is 11.5 Å². The Morgan fingerprint density at radius 1 is 1.36 bits per heavy atom. The summed E-state index contributed by atoms with van der Waals surface area (Å²) in [6.07, 6.45) is 0. The van der Waals surface area contributed by atoms with Crippen molar-refractivity contribution < 1.29 is 15.1 Å². The lowest BCUT2D eigenvalue weighted by Crippen LogP contribution is -1.90. The van der Waals surface area contributed by atoms with Gasteiger partial charge < -0.3 is 9.84 Å². The first kappa shape index (κ1) is 7.68. The fourth-order valence-corrected chi connectivity index (χ4v) is 0.766. The smallest absolute Gasteiger partial charge is 0.124 e. The van der Waals surface area contributed by atoms with Gasteiger partial charge in [0.15, 0.2) is 0 Å². The van der Waals surface area contributed by atoms with Gasteiger partial charge in [-0.1, -0.05) is 0 Å². The van der Waals surface area contributed by atoms with E-state index in [9.17, 15) is 0 Å². The Balaban J connectivity index is 3.02. The predicted molar refractivity (Wildman–Crippen MR) is 40.1 cm³/mol. The van der Waals surface area contributed by atoms with E-state index in [0.29, 0.717) is 11.4 Å². The minimum atomic E-state index is 0.0425. The highest BCUT2D eigenvalue weighted by Gasteiger charge is 1.97. The number of phenolic OH excluding ortho intramolecular Hbond substituents is 1. The molecule has 3 N–H and O–H groups in total. The zero-order valence-electron chi connectivity index (χ0n) is 6.03. The monoisotopic (exact) mass is 155 g/mol. The SMILES string of the molecule is COc1cc(O)cc(NO)c1. The lowest BCUT2D eigenvalue weighted by atomic mass is 10.3. The van der Waals surface area contributed by atoms with Crippen LogP contribution in [-0.4, -0.2) is 17.4 Å². The van der Waals surface area contributed by atoms with Crippen LogP contribution in [0, 0.1) is 0 Å². The molecule has 0 saturated heterocycles. The molecule has 4 nitrogen and oxygen atoms in total. The van der Waals surface area contributed by atoms with Crippen molar-refractivity contribution in [1.82, 2.24) is 0 Å². The molecule has 4 heteroatoms. The lowest BCUT2D eigenvalue weighted by Gasteiger charge is -2.03. The van der Waals surface area contributed by atoms with Crippen LogP contribution >= 0.6 is 0 Å². The topological polar surface area (TPSA) is 61.7 Å². The van der Waals surface area contributed by atoms with Crippen LogP contribution in [0.1, 0.15) is 0 Å². The number of methoxy groups -OCH3 is 1. The van der Waals surface area contributed by atoms with Gasteiger partial charge in [0, 0.05) is 18.2 Å². The number of benzene rings is 1. The molecule has 1 aromatic carbocycles. The average molecular weight is 155 g/mol. The third kappa shape index (κ3) is 1.75. The summed E-state index contributed by atoms with van der Waals surface area (Å²) in [5.74, 6) is 0.530. The van der Waals surface area contributed by atoms with Crippen molar-refractivity contribution in [1.29, 1.82) is 0 Å². The summed E-state index contributed by atoms with van der Waals surface area (Å²) < 4.78 is 4.83. The number of rotatable bonds is 2. The van der Waals surface area contributed by atoms with Gasteiger partial charge in [0.2, 0.25) is 0 Å². The Morgan fingerprint density at radius 3 is 2.64 bits per heavy atom. The normalized spacial score (nSPS) is 9.27. The maximum absolute atomic E-state index is 9.02. The molecule has 0 amide bonds. The molecule has 0 fully saturated rings. The first-order chi connectivity index (χ1) is 5.26. The number of hydrogen-bond donors (Lipinski definition) is 3. The fraction of sp³-hybridized carbons (Fsp3) is 0.143. The molecule has 0 aliphatic rings. The van der Waals surface area contributed by atoms with Gasteiger partial charge >= 0.3 is 0 Å². The van der Waals surface area contributed by atoms with Crippen LogP contribution in [0.2, 0.25) is 0 Å². The molecule has 11 heavy (non-hydrogen) atoms. The highest BCUT2D eigenvalue weighted by atomic mass is 16.5. The van der Waals surface area contributed by atoms with Crippen molar-refractivity contribution in [3.05, 3.63) is 18.2 Å². The molecule has 0 heterocycles. The maximum atomic E-state index is 9.02. The average Bonchev–Trinajstić information content (AvgIpc) is 2.03. The first-order valence-corrected chi connectivity index (χ1v) is 3.04. The van der Waals surface area contributed by atoms with Gasteiger partial charge in [0.05, 0.1) is 12.8 Å². The van der Waals surface area contributed by atoms with Crippen molar-refractivity contribution in [2.24, 2.45) is 0 Å². The molecule has 0 bridgehead atoms. The van der Waals surface area contributed by atoms with E-state index in [1.165, 1.54) is 19.2 Å². The van der Waals surface area contributed by atoms with Crippen molar-refractivity contribution >= 4 is 5.69 Å². The summed E-state index contributed by atoms with van der Waals surface area (Å²) in [6, 6.07) is 4.38. The van der Waals surface area contributed by atoms with Crippen LogP contribution in [0.25, 0.3) is 0 Å². The van der Waals surface area contributed by atoms with E-state index in [2.05, 4.69) is 0 Å². The molecule has 0 atom stereocenters. The number of nitrogens with one attached hydrogen (secondary N) is 1. The van der Waals surface area contributed by atoms with E-state index in [1.54, 1.807) is 6.07 Å². The van der Waals surface area contributed by atoms with Gasteiger partial charge in [-0.3, -0.25) is 10.7 Å². The van der Waals surface area contributed by atoms with Gasteiger partial charge in [-0.15, -0.1) is 0 Å². The molecule has 0 saturated carbocycles. The summed E-state index contributed by atoms with van der Waals surface area (Å²) in [5, 5.41) is 17.5. The Hall–Kier alpha value is -1.42. The highest BCUT2D eigenvalue weighted by molar-refractivity contribution is 5.51. The van der Waals surface area contributed by atoms with E-state index < -0.39 is 0 Å². The quantitative estimate of drug-likeness (QED) is 0.561. The second-order valence-electron chi connectivity index (χ2n) is 2.03. The molecule has 0 aliphatic heterocycles. The predicted octanol–water partition coefficient (Wildman–Crippen LogP) is 1.20. The molecule has 0 unspecified atom stereocenters.